The molecule has 1 N–H and O–H groups in total. The number of carbonyl (C=O) groups excluding carboxylic acids is 2. The first-order valence-electron chi connectivity index (χ1n) is 7.28. The summed E-state index contributed by atoms with van der Waals surface area (Å²) in [5, 5.41) is 5.34. The van der Waals surface area contributed by atoms with Gasteiger partial charge in [0.05, 0.1) is 17.1 Å². The van der Waals surface area contributed by atoms with E-state index in [1.807, 2.05) is 23.3 Å². The molecule has 0 saturated heterocycles. The average Bonchev–Trinajstić information content (AvgIpc) is 3.15. The number of nitrogens with zero attached hydrogens (tertiary/aromatic N) is 2. The number of thiazole rings is 1. The molecule has 0 fully saturated rings. The van der Waals surface area contributed by atoms with Gasteiger partial charge < -0.3 is 4.90 Å². The van der Waals surface area contributed by atoms with E-state index in [0.29, 0.717) is 29.5 Å². The van der Waals surface area contributed by atoms with Crippen LogP contribution in [0.1, 0.15) is 40.0 Å². The number of thiophene rings is 1. The second-order valence-electron chi connectivity index (χ2n) is 5.14. The second kappa shape index (κ2) is 6.58. The molecule has 22 heavy (non-hydrogen) atoms. The van der Waals surface area contributed by atoms with Gasteiger partial charge in [-0.05, 0) is 17.9 Å². The van der Waals surface area contributed by atoms with Crippen LogP contribution in [0, 0.1) is 0 Å². The third kappa shape index (κ3) is 3.20. The van der Waals surface area contributed by atoms with Crippen molar-refractivity contribution in [2.45, 2.75) is 32.7 Å². The molecule has 3 rings (SSSR count). The van der Waals surface area contributed by atoms with Crippen LogP contribution in [0.4, 0.5) is 5.13 Å². The molecule has 0 aliphatic carbocycles. The number of anilines is 1. The van der Waals surface area contributed by atoms with E-state index in [-0.39, 0.29) is 11.8 Å². The zero-order valence-corrected chi connectivity index (χ0v) is 13.9. The lowest BCUT2D eigenvalue weighted by molar-refractivity contribution is -0.132. The van der Waals surface area contributed by atoms with Crippen molar-refractivity contribution in [3.8, 4) is 0 Å². The lowest BCUT2D eigenvalue weighted by Crippen LogP contribution is -2.35. The Kier molecular flexibility index (Phi) is 4.54. The van der Waals surface area contributed by atoms with Crippen molar-refractivity contribution in [2.75, 3.05) is 11.9 Å². The number of nitrogens with one attached hydrogen (secondary N) is 1. The predicted octanol–water partition coefficient (Wildman–Crippen LogP) is 3.14. The van der Waals surface area contributed by atoms with E-state index >= 15 is 0 Å². The minimum absolute atomic E-state index is 0.125. The van der Waals surface area contributed by atoms with E-state index in [9.17, 15) is 9.59 Å². The highest BCUT2D eigenvalue weighted by atomic mass is 32.1. The first kappa shape index (κ1) is 15.2. The van der Waals surface area contributed by atoms with E-state index < -0.39 is 0 Å². The molecule has 2 aromatic rings. The number of amides is 2. The van der Waals surface area contributed by atoms with Crippen LogP contribution < -0.4 is 5.32 Å². The van der Waals surface area contributed by atoms with Crippen molar-refractivity contribution in [1.82, 2.24) is 9.88 Å². The minimum atomic E-state index is -0.125. The molecule has 3 heterocycles. The van der Waals surface area contributed by atoms with Gasteiger partial charge in [0.25, 0.3) is 5.91 Å². The highest BCUT2D eigenvalue weighted by Crippen LogP contribution is 2.29. The van der Waals surface area contributed by atoms with Crippen LogP contribution in [-0.2, 0) is 17.8 Å². The highest BCUT2D eigenvalue weighted by molar-refractivity contribution is 7.16. The van der Waals surface area contributed by atoms with Crippen LogP contribution in [0.15, 0.2) is 17.5 Å². The monoisotopic (exact) mass is 335 g/mol. The van der Waals surface area contributed by atoms with E-state index in [1.165, 1.54) is 22.7 Å². The molecule has 2 amide bonds. The van der Waals surface area contributed by atoms with Gasteiger partial charge in [0.2, 0.25) is 5.91 Å². The van der Waals surface area contributed by atoms with Crippen LogP contribution in [0.5, 0.6) is 0 Å². The third-order valence-electron chi connectivity index (χ3n) is 3.51. The lowest BCUT2D eigenvalue weighted by Gasteiger charge is -2.25. The summed E-state index contributed by atoms with van der Waals surface area (Å²) in [6, 6.07) is 3.64. The Bertz CT molecular complexity index is 679. The molecule has 0 spiro atoms. The molecule has 0 aromatic carbocycles. The molecule has 0 unspecified atom stereocenters. The number of rotatable bonds is 4. The van der Waals surface area contributed by atoms with Gasteiger partial charge in [-0.1, -0.05) is 24.3 Å². The van der Waals surface area contributed by atoms with Crippen LogP contribution in [0.3, 0.4) is 0 Å². The summed E-state index contributed by atoms with van der Waals surface area (Å²) in [4.78, 5) is 32.2. The zero-order valence-electron chi connectivity index (χ0n) is 12.3. The highest BCUT2D eigenvalue weighted by Gasteiger charge is 2.24. The Morgan fingerprint density at radius 3 is 3.05 bits per heavy atom. The van der Waals surface area contributed by atoms with E-state index in [1.54, 1.807) is 6.07 Å². The summed E-state index contributed by atoms with van der Waals surface area (Å²) in [5.74, 6) is 0.0748. The fourth-order valence-corrected chi connectivity index (χ4v) is 4.04. The smallest absolute Gasteiger partial charge is 0.267 e. The minimum Gasteiger partial charge on any atom is -0.337 e. The van der Waals surface area contributed by atoms with Crippen molar-refractivity contribution in [2.24, 2.45) is 0 Å². The number of fused-ring (bicyclic) bond motifs is 1. The first-order valence-corrected chi connectivity index (χ1v) is 8.98. The van der Waals surface area contributed by atoms with Crippen molar-refractivity contribution >= 4 is 39.6 Å². The SMILES string of the molecule is CCCC(=O)N1CCc2nc(NC(=O)c3cccs3)sc2C1. The van der Waals surface area contributed by atoms with E-state index in [0.717, 1.165) is 23.4 Å². The van der Waals surface area contributed by atoms with E-state index in [4.69, 9.17) is 0 Å². The largest absolute Gasteiger partial charge is 0.337 e. The Morgan fingerprint density at radius 1 is 1.45 bits per heavy atom. The molecule has 5 nitrogen and oxygen atoms in total. The summed E-state index contributed by atoms with van der Waals surface area (Å²) in [5.41, 5.74) is 1.01. The third-order valence-corrected chi connectivity index (χ3v) is 5.38. The fourth-order valence-electron chi connectivity index (χ4n) is 2.40. The molecule has 116 valence electrons. The molecule has 0 radical (unpaired) electrons. The van der Waals surface area contributed by atoms with Gasteiger partial charge in [-0.2, -0.15) is 0 Å². The van der Waals surface area contributed by atoms with Crippen LogP contribution in [-0.4, -0.2) is 28.2 Å². The average molecular weight is 335 g/mol. The normalized spacial score (nSPS) is 13.8. The summed E-state index contributed by atoms with van der Waals surface area (Å²) in [7, 11) is 0. The maximum Gasteiger partial charge on any atom is 0.267 e. The molecular formula is C15H17N3O2S2. The van der Waals surface area contributed by atoms with Gasteiger partial charge in [-0.25, -0.2) is 4.98 Å². The number of aromatic nitrogens is 1. The standard InChI is InChI=1S/C15H17N3O2S2/c1-2-4-13(19)18-7-6-10-12(9-18)22-15(16-10)17-14(20)11-5-3-8-21-11/h3,5,8H,2,4,6-7,9H2,1H3,(H,16,17,20). The molecule has 7 heteroatoms. The number of hydrogen-bond donors (Lipinski definition) is 1. The summed E-state index contributed by atoms with van der Waals surface area (Å²) in [6.07, 6.45) is 2.22. The van der Waals surface area contributed by atoms with Gasteiger partial charge in [0.15, 0.2) is 5.13 Å². The number of carbonyl (C=O) groups is 2. The summed E-state index contributed by atoms with van der Waals surface area (Å²) in [6.45, 7) is 3.34. The van der Waals surface area contributed by atoms with Crippen LogP contribution >= 0.6 is 22.7 Å². The van der Waals surface area contributed by atoms with Crippen LogP contribution in [0.25, 0.3) is 0 Å². The second-order valence-corrected chi connectivity index (χ2v) is 7.17. The van der Waals surface area contributed by atoms with E-state index in [2.05, 4.69) is 10.3 Å². The quantitative estimate of drug-likeness (QED) is 0.933. The van der Waals surface area contributed by atoms with Gasteiger partial charge >= 0.3 is 0 Å². The number of hydrogen-bond acceptors (Lipinski definition) is 5. The van der Waals surface area contributed by atoms with Gasteiger partial charge in [0.1, 0.15) is 0 Å². The van der Waals surface area contributed by atoms with Crippen molar-refractivity contribution in [1.29, 1.82) is 0 Å². The Morgan fingerprint density at radius 2 is 2.32 bits per heavy atom. The van der Waals surface area contributed by atoms with Crippen LogP contribution in [0.2, 0.25) is 0 Å². The predicted molar refractivity (Wildman–Crippen MR) is 88.4 cm³/mol. The Hall–Kier alpha value is -1.73. The summed E-state index contributed by atoms with van der Waals surface area (Å²) >= 11 is 2.87. The Balaban J connectivity index is 1.68. The maximum atomic E-state index is 12.0. The molecule has 0 bridgehead atoms. The first-order chi connectivity index (χ1) is 10.7. The molecule has 0 saturated carbocycles. The topological polar surface area (TPSA) is 62.3 Å². The lowest BCUT2D eigenvalue weighted by atomic mass is 10.1. The molecule has 2 aromatic heterocycles. The van der Waals surface area contributed by atoms with Gasteiger partial charge in [0, 0.05) is 24.3 Å². The van der Waals surface area contributed by atoms with Crippen molar-refractivity contribution in [3.05, 3.63) is 33.0 Å². The molecule has 1 aliphatic rings. The Labute approximate surface area is 137 Å². The fraction of sp³-hybridized carbons (Fsp3) is 0.400. The zero-order chi connectivity index (χ0) is 15.5. The molecule has 0 atom stereocenters. The van der Waals surface area contributed by atoms with Crippen molar-refractivity contribution < 1.29 is 9.59 Å². The van der Waals surface area contributed by atoms with Gasteiger partial charge in [-0.15, -0.1) is 11.3 Å². The molecule has 1 aliphatic heterocycles. The van der Waals surface area contributed by atoms with Gasteiger partial charge in [-0.3, -0.25) is 14.9 Å². The maximum absolute atomic E-state index is 12.0. The summed E-state index contributed by atoms with van der Waals surface area (Å²) < 4.78 is 0. The molecular weight excluding hydrogens is 318 g/mol. The van der Waals surface area contributed by atoms with Crippen molar-refractivity contribution in [3.63, 3.8) is 0 Å².